The highest BCUT2D eigenvalue weighted by atomic mass is 32.1. The summed E-state index contributed by atoms with van der Waals surface area (Å²) in [6, 6.07) is 4.54. The lowest BCUT2D eigenvalue weighted by atomic mass is 10.2. The Bertz CT molecular complexity index is 638. The number of azo groups is 1. The monoisotopic (exact) mass is 277 g/mol. The number of carbonyl (C=O) groups is 1. The molecule has 0 unspecified atom stereocenters. The molecule has 0 fully saturated rings. The van der Waals surface area contributed by atoms with Gasteiger partial charge < -0.3 is 10.4 Å². The van der Waals surface area contributed by atoms with E-state index >= 15 is 0 Å². The summed E-state index contributed by atoms with van der Waals surface area (Å²) in [5.74, 6) is 0.341. The number of aromatic nitrogens is 2. The average Bonchev–Trinajstić information content (AvgIpc) is 2.75. The van der Waals surface area contributed by atoms with Crippen LogP contribution >= 0.6 is 11.5 Å². The molecule has 1 heterocycles. The van der Waals surface area contributed by atoms with Gasteiger partial charge in [0.05, 0.1) is 11.4 Å². The van der Waals surface area contributed by atoms with Crippen molar-refractivity contribution in [2.45, 2.75) is 13.8 Å². The van der Waals surface area contributed by atoms with Crippen molar-refractivity contribution in [1.29, 1.82) is 0 Å². The molecule has 1 amide bonds. The van der Waals surface area contributed by atoms with Gasteiger partial charge in [-0.3, -0.25) is 4.79 Å². The minimum atomic E-state index is -0.274. The highest BCUT2D eigenvalue weighted by Gasteiger charge is 2.04. The zero-order valence-electron chi connectivity index (χ0n) is 10.3. The van der Waals surface area contributed by atoms with Crippen molar-refractivity contribution in [1.82, 2.24) is 9.36 Å². The van der Waals surface area contributed by atoms with Gasteiger partial charge in [-0.1, -0.05) is 0 Å². The fourth-order valence-corrected chi connectivity index (χ4v) is 1.81. The lowest BCUT2D eigenvalue weighted by Crippen LogP contribution is -2.05. The van der Waals surface area contributed by atoms with Crippen LogP contribution in [0.5, 0.6) is 5.75 Å². The molecule has 8 heteroatoms. The molecule has 0 saturated carbocycles. The van der Waals surface area contributed by atoms with Gasteiger partial charge in [0, 0.05) is 18.5 Å². The van der Waals surface area contributed by atoms with Crippen molar-refractivity contribution in [2.75, 3.05) is 5.32 Å². The molecule has 1 aromatic heterocycles. The Labute approximate surface area is 113 Å². The number of nitrogens with one attached hydrogen (secondary N) is 1. The molecule has 0 atom stereocenters. The van der Waals surface area contributed by atoms with Gasteiger partial charge in [-0.05, 0) is 25.1 Å². The van der Waals surface area contributed by atoms with E-state index in [0.29, 0.717) is 16.6 Å². The highest BCUT2D eigenvalue weighted by molar-refractivity contribution is 7.09. The molecule has 98 valence electrons. The highest BCUT2D eigenvalue weighted by Crippen LogP contribution is 2.29. The summed E-state index contributed by atoms with van der Waals surface area (Å²) in [5.41, 5.74) is 0.784. The Hall–Kier alpha value is -2.35. The van der Waals surface area contributed by atoms with Crippen molar-refractivity contribution in [3.05, 3.63) is 24.0 Å². The van der Waals surface area contributed by atoms with Gasteiger partial charge in [0.1, 0.15) is 11.6 Å². The second-order valence-corrected chi connectivity index (χ2v) is 4.44. The van der Waals surface area contributed by atoms with Gasteiger partial charge in [-0.2, -0.15) is 4.37 Å². The molecule has 0 saturated heterocycles. The van der Waals surface area contributed by atoms with Crippen LogP contribution in [0.2, 0.25) is 0 Å². The molecule has 0 bridgehead atoms. The first-order valence-corrected chi connectivity index (χ1v) is 6.14. The third-order valence-corrected chi connectivity index (χ3v) is 2.75. The summed E-state index contributed by atoms with van der Waals surface area (Å²) in [5, 5.41) is 20.4. The van der Waals surface area contributed by atoms with Gasteiger partial charge in [0.2, 0.25) is 11.0 Å². The number of phenolic OH excluding ortho intramolecular Hbond substituents is 1. The van der Waals surface area contributed by atoms with Crippen LogP contribution in [0.3, 0.4) is 0 Å². The Morgan fingerprint density at radius 1 is 1.42 bits per heavy atom. The first kappa shape index (κ1) is 13.1. The summed E-state index contributed by atoms with van der Waals surface area (Å²) < 4.78 is 3.98. The van der Waals surface area contributed by atoms with Crippen LogP contribution < -0.4 is 5.32 Å². The van der Waals surface area contributed by atoms with E-state index in [1.807, 2.05) is 0 Å². The molecule has 7 nitrogen and oxygen atoms in total. The van der Waals surface area contributed by atoms with E-state index in [1.165, 1.54) is 19.1 Å². The smallest absolute Gasteiger partial charge is 0.249 e. The summed E-state index contributed by atoms with van der Waals surface area (Å²) in [7, 11) is 0. The van der Waals surface area contributed by atoms with Crippen molar-refractivity contribution in [2.24, 2.45) is 10.2 Å². The van der Waals surface area contributed by atoms with E-state index in [1.54, 1.807) is 13.0 Å². The maximum absolute atomic E-state index is 11.0. The number of rotatable bonds is 3. The summed E-state index contributed by atoms with van der Waals surface area (Å²) in [6.07, 6.45) is 0. The number of phenols is 1. The first-order valence-electron chi connectivity index (χ1n) is 5.37. The maximum Gasteiger partial charge on any atom is 0.249 e. The maximum atomic E-state index is 11.0. The van der Waals surface area contributed by atoms with Gasteiger partial charge in [0.25, 0.3) is 0 Å². The van der Waals surface area contributed by atoms with E-state index in [2.05, 4.69) is 24.9 Å². The topological polar surface area (TPSA) is 99.8 Å². The first-order chi connectivity index (χ1) is 9.04. The SMILES string of the molecule is CC(=O)Nc1cc(N=Nc2nc(C)ns2)ccc1O. The predicted octanol–water partition coefficient (Wildman–Crippen LogP) is 2.93. The molecule has 0 aliphatic carbocycles. The summed E-state index contributed by atoms with van der Waals surface area (Å²) in [6.45, 7) is 3.13. The summed E-state index contributed by atoms with van der Waals surface area (Å²) >= 11 is 1.15. The normalized spacial score (nSPS) is 10.8. The number of amides is 1. The molecule has 2 rings (SSSR count). The van der Waals surface area contributed by atoms with Crippen LogP contribution in [0.1, 0.15) is 12.7 Å². The Morgan fingerprint density at radius 2 is 2.21 bits per heavy atom. The van der Waals surface area contributed by atoms with Crippen molar-refractivity contribution >= 4 is 33.9 Å². The second-order valence-electron chi connectivity index (χ2n) is 3.71. The van der Waals surface area contributed by atoms with Crippen LogP contribution in [0, 0.1) is 6.92 Å². The lowest BCUT2D eigenvalue weighted by Gasteiger charge is -2.04. The van der Waals surface area contributed by atoms with Crippen molar-refractivity contribution < 1.29 is 9.90 Å². The molecule has 0 aliphatic heterocycles. The van der Waals surface area contributed by atoms with Crippen molar-refractivity contribution in [3.63, 3.8) is 0 Å². The zero-order chi connectivity index (χ0) is 13.8. The van der Waals surface area contributed by atoms with Crippen LogP contribution in [0.15, 0.2) is 28.4 Å². The number of hydrogen-bond acceptors (Lipinski definition) is 7. The molecule has 0 spiro atoms. The fourth-order valence-electron chi connectivity index (χ4n) is 1.30. The minimum absolute atomic E-state index is 0.0269. The van der Waals surface area contributed by atoms with Gasteiger partial charge in [-0.25, -0.2) is 4.98 Å². The number of aryl methyl sites for hydroxylation is 1. The quantitative estimate of drug-likeness (QED) is 0.665. The van der Waals surface area contributed by atoms with E-state index in [0.717, 1.165) is 11.5 Å². The Kier molecular flexibility index (Phi) is 3.81. The van der Waals surface area contributed by atoms with Crippen molar-refractivity contribution in [3.8, 4) is 5.75 Å². The molecule has 2 aromatic rings. The average molecular weight is 277 g/mol. The van der Waals surface area contributed by atoms with E-state index in [-0.39, 0.29) is 17.3 Å². The van der Waals surface area contributed by atoms with Crippen LogP contribution in [-0.2, 0) is 4.79 Å². The third kappa shape index (κ3) is 3.55. The Balaban J connectivity index is 2.21. The van der Waals surface area contributed by atoms with Crippen LogP contribution in [0.4, 0.5) is 16.5 Å². The molecule has 19 heavy (non-hydrogen) atoms. The molecule has 2 N–H and O–H groups in total. The molecular weight excluding hydrogens is 266 g/mol. The van der Waals surface area contributed by atoms with Gasteiger partial charge in [-0.15, -0.1) is 10.2 Å². The number of anilines is 1. The number of carbonyl (C=O) groups excluding carboxylic acids is 1. The molecule has 1 aromatic carbocycles. The number of hydrogen-bond donors (Lipinski definition) is 2. The largest absolute Gasteiger partial charge is 0.506 e. The zero-order valence-corrected chi connectivity index (χ0v) is 11.1. The number of benzene rings is 1. The second kappa shape index (κ2) is 5.53. The van der Waals surface area contributed by atoms with E-state index < -0.39 is 0 Å². The number of aromatic hydroxyl groups is 1. The molecule has 0 radical (unpaired) electrons. The molecule has 0 aliphatic rings. The molecular formula is C11H11N5O2S. The Morgan fingerprint density at radius 3 is 2.84 bits per heavy atom. The standard InChI is InChI=1S/C11H11N5O2S/c1-6-12-11(19-16-6)15-14-8-3-4-10(18)9(5-8)13-7(2)17/h3-5,18H,1-2H3,(H,13,17). The van der Waals surface area contributed by atoms with Gasteiger partial charge in [0.15, 0.2) is 0 Å². The van der Waals surface area contributed by atoms with Crippen LogP contribution in [-0.4, -0.2) is 20.4 Å². The number of nitrogens with zero attached hydrogens (tertiary/aromatic N) is 4. The van der Waals surface area contributed by atoms with E-state index in [4.69, 9.17) is 0 Å². The van der Waals surface area contributed by atoms with Gasteiger partial charge >= 0.3 is 0 Å². The van der Waals surface area contributed by atoms with E-state index in [9.17, 15) is 9.90 Å². The summed E-state index contributed by atoms with van der Waals surface area (Å²) in [4.78, 5) is 15.0. The third-order valence-electron chi connectivity index (χ3n) is 2.06. The minimum Gasteiger partial charge on any atom is -0.506 e. The fraction of sp³-hybridized carbons (Fsp3) is 0.182. The van der Waals surface area contributed by atoms with Crippen LogP contribution in [0.25, 0.3) is 0 Å². The lowest BCUT2D eigenvalue weighted by molar-refractivity contribution is -0.114. The predicted molar refractivity (Wildman–Crippen MR) is 71.2 cm³/mol.